The molecule has 1 aliphatic heterocycles. The number of halogens is 1. The molecule has 1 amide bonds. The van der Waals surface area contributed by atoms with Crippen molar-refractivity contribution >= 4 is 35.8 Å². The quantitative estimate of drug-likeness (QED) is 0.157. The normalized spacial score (nSPS) is 20.7. The fraction of sp³-hybridized carbons (Fsp3) is 0.882. The number of carbonyl (C=O) groups excluding carboxylic acids is 1. The number of carbonyl (C=O) groups is 1. The van der Waals surface area contributed by atoms with Crippen LogP contribution in [0.5, 0.6) is 0 Å². The van der Waals surface area contributed by atoms with Gasteiger partial charge in [-0.1, -0.05) is 0 Å². The van der Waals surface area contributed by atoms with Crippen molar-refractivity contribution < 1.29 is 14.6 Å². The molecular formula is C17H34IN5O3. The number of ether oxygens (including phenoxy) is 1. The summed E-state index contributed by atoms with van der Waals surface area (Å²) in [4.78, 5) is 18.3. The van der Waals surface area contributed by atoms with Gasteiger partial charge in [-0.25, -0.2) is 0 Å². The van der Waals surface area contributed by atoms with E-state index in [9.17, 15) is 9.90 Å². The average Bonchev–Trinajstić information content (AvgIpc) is 3.42. The van der Waals surface area contributed by atoms with Crippen LogP contribution in [0.15, 0.2) is 4.99 Å². The van der Waals surface area contributed by atoms with E-state index in [-0.39, 0.29) is 35.8 Å². The van der Waals surface area contributed by atoms with Crippen LogP contribution in [0.4, 0.5) is 0 Å². The molecule has 2 fully saturated rings. The largest absolute Gasteiger partial charge is 0.387 e. The number of nitrogens with zero attached hydrogens (tertiary/aromatic N) is 2. The average molecular weight is 483 g/mol. The van der Waals surface area contributed by atoms with Gasteiger partial charge in [-0.15, -0.1) is 24.0 Å². The lowest BCUT2D eigenvalue weighted by Crippen LogP contribution is -2.48. The van der Waals surface area contributed by atoms with Crippen LogP contribution >= 0.6 is 24.0 Å². The highest BCUT2D eigenvalue weighted by atomic mass is 127. The molecule has 2 aliphatic rings. The molecule has 26 heavy (non-hydrogen) atoms. The Labute approximate surface area is 173 Å². The molecule has 1 atom stereocenters. The third-order valence-corrected chi connectivity index (χ3v) is 4.25. The number of amides is 1. The Morgan fingerprint density at radius 1 is 1.23 bits per heavy atom. The van der Waals surface area contributed by atoms with Crippen LogP contribution in [-0.4, -0.2) is 86.5 Å². The fourth-order valence-electron chi connectivity index (χ4n) is 2.74. The second-order valence-corrected chi connectivity index (χ2v) is 7.07. The van der Waals surface area contributed by atoms with Crippen LogP contribution in [0, 0.1) is 5.92 Å². The monoisotopic (exact) mass is 483 g/mol. The molecule has 1 saturated carbocycles. The van der Waals surface area contributed by atoms with Gasteiger partial charge < -0.3 is 25.8 Å². The van der Waals surface area contributed by atoms with E-state index in [1.54, 1.807) is 0 Å². The second-order valence-electron chi connectivity index (χ2n) is 7.07. The number of β-amino-alcohol motifs (C(OH)–C–C–N with tert-alkyl or cyclic N) is 1. The van der Waals surface area contributed by atoms with Crippen molar-refractivity contribution in [2.24, 2.45) is 10.9 Å². The summed E-state index contributed by atoms with van der Waals surface area (Å²) in [5, 5.41) is 19.9. The minimum atomic E-state index is -0.889. The van der Waals surface area contributed by atoms with Crippen LogP contribution in [-0.2, 0) is 9.53 Å². The van der Waals surface area contributed by atoms with E-state index in [0.29, 0.717) is 32.1 Å². The Hall–Kier alpha value is -0.650. The maximum atomic E-state index is 11.6. The molecule has 8 nitrogen and oxygen atoms in total. The van der Waals surface area contributed by atoms with Crippen LogP contribution in [0.25, 0.3) is 0 Å². The first-order valence-electron chi connectivity index (χ1n) is 9.32. The lowest BCUT2D eigenvalue weighted by molar-refractivity contribution is -0.122. The van der Waals surface area contributed by atoms with Gasteiger partial charge in [-0.3, -0.25) is 14.7 Å². The Balaban J connectivity index is 0.00000338. The van der Waals surface area contributed by atoms with E-state index >= 15 is 0 Å². The van der Waals surface area contributed by atoms with Crippen molar-refractivity contribution in [1.82, 2.24) is 20.9 Å². The maximum absolute atomic E-state index is 11.6. The molecule has 0 aromatic heterocycles. The second kappa shape index (κ2) is 11.9. The van der Waals surface area contributed by atoms with Gasteiger partial charge >= 0.3 is 0 Å². The molecule has 0 spiro atoms. The van der Waals surface area contributed by atoms with E-state index in [4.69, 9.17) is 4.74 Å². The predicted molar refractivity (Wildman–Crippen MR) is 113 cm³/mol. The highest BCUT2D eigenvalue weighted by Gasteiger charge is 2.29. The van der Waals surface area contributed by atoms with Crippen LogP contribution in [0.2, 0.25) is 0 Å². The van der Waals surface area contributed by atoms with Crippen molar-refractivity contribution in [3.63, 3.8) is 0 Å². The first-order valence-corrected chi connectivity index (χ1v) is 9.32. The molecular weight excluding hydrogens is 449 g/mol. The summed E-state index contributed by atoms with van der Waals surface area (Å²) in [5.74, 6) is 1.04. The van der Waals surface area contributed by atoms with Crippen molar-refractivity contribution in [1.29, 1.82) is 0 Å². The molecule has 1 aliphatic carbocycles. The van der Waals surface area contributed by atoms with Crippen LogP contribution in [0.3, 0.4) is 0 Å². The molecule has 1 saturated heterocycles. The first-order chi connectivity index (χ1) is 12.0. The van der Waals surface area contributed by atoms with Gasteiger partial charge in [-0.2, -0.15) is 0 Å². The Morgan fingerprint density at radius 2 is 1.88 bits per heavy atom. The van der Waals surface area contributed by atoms with Crippen molar-refractivity contribution in [3.8, 4) is 0 Å². The zero-order valence-corrected chi connectivity index (χ0v) is 18.3. The SMILES string of the molecule is CCNC(=NCC(C)(O)CN1CCOCC1)NCCNC(=O)C1CC1.I. The lowest BCUT2D eigenvalue weighted by Gasteiger charge is -2.33. The third kappa shape index (κ3) is 9.33. The fourth-order valence-corrected chi connectivity index (χ4v) is 2.74. The molecule has 9 heteroatoms. The van der Waals surface area contributed by atoms with E-state index in [1.165, 1.54) is 0 Å². The van der Waals surface area contributed by atoms with Crippen LogP contribution < -0.4 is 16.0 Å². The summed E-state index contributed by atoms with van der Waals surface area (Å²) in [6.45, 7) is 9.75. The molecule has 152 valence electrons. The number of nitrogens with one attached hydrogen (secondary N) is 3. The van der Waals surface area contributed by atoms with Gasteiger partial charge in [0.05, 0.1) is 25.4 Å². The first kappa shape index (κ1) is 23.4. The zero-order chi connectivity index (χ0) is 18.1. The molecule has 0 bridgehead atoms. The highest BCUT2D eigenvalue weighted by molar-refractivity contribution is 14.0. The van der Waals surface area contributed by atoms with E-state index < -0.39 is 5.60 Å². The highest BCUT2D eigenvalue weighted by Crippen LogP contribution is 2.28. The Kier molecular flexibility index (Phi) is 10.7. The summed E-state index contributed by atoms with van der Waals surface area (Å²) >= 11 is 0. The van der Waals surface area contributed by atoms with Gasteiger partial charge in [-0.05, 0) is 26.7 Å². The van der Waals surface area contributed by atoms with Crippen LogP contribution in [0.1, 0.15) is 26.7 Å². The Morgan fingerprint density at radius 3 is 2.50 bits per heavy atom. The summed E-state index contributed by atoms with van der Waals surface area (Å²) < 4.78 is 5.33. The number of aliphatic imine (C=N–C) groups is 1. The standard InChI is InChI=1S/C17H33N5O3.HI/c1-3-18-16(20-7-6-19-15(23)14-4-5-14)21-12-17(2,24)13-22-8-10-25-11-9-22;/h14,24H,3-13H2,1-2H3,(H,19,23)(H2,18,20,21);1H. The predicted octanol–water partition coefficient (Wildman–Crippen LogP) is -0.231. The molecule has 0 aromatic carbocycles. The zero-order valence-electron chi connectivity index (χ0n) is 15.9. The Bertz CT molecular complexity index is 452. The van der Waals surface area contributed by atoms with Gasteiger partial charge in [0, 0.05) is 45.2 Å². The number of hydrogen-bond donors (Lipinski definition) is 4. The van der Waals surface area contributed by atoms with E-state index in [0.717, 1.165) is 45.7 Å². The smallest absolute Gasteiger partial charge is 0.223 e. The maximum Gasteiger partial charge on any atom is 0.223 e. The van der Waals surface area contributed by atoms with Gasteiger partial charge in [0.1, 0.15) is 0 Å². The molecule has 1 heterocycles. The number of aliphatic hydroxyl groups is 1. The van der Waals surface area contributed by atoms with Gasteiger partial charge in [0.2, 0.25) is 5.91 Å². The minimum Gasteiger partial charge on any atom is -0.387 e. The topological polar surface area (TPSA) is 98.2 Å². The number of guanidine groups is 1. The summed E-state index contributed by atoms with van der Waals surface area (Å²) in [7, 11) is 0. The summed E-state index contributed by atoms with van der Waals surface area (Å²) in [5.41, 5.74) is -0.889. The molecule has 0 aromatic rings. The molecule has 4 N–H and O–H groups in total. The summed E-state index contributed by atoms with van der Waals surface area (Å²) in [6, 6.07) is 0. The number of rotatable bonds is 9. The lowest BCUT2D eigenvalue weighted by atomic mass is 10.1. The molecule has 1 unspecified atom stereocenters. The van der Waals surface area contributed by atoms with Gasteiger partial charge in [0.25, 0.3) is 0 Å². The number of morpholine rings is 1. The van der Waals surface area contributed by atoms with Crippen molar-refractivity contribution in [3.05, 3.63) is 0 Å². The van der Waals surface area contributed by atoms with E-state index in [1.807, 2.05) is 13.8 Å². The minimum absolute atomic E-state index is 0. The van der Waals surface area contributed by atoms with Crippen molar-refractivity contribution in [2.45, 2.75) is 32.3 Å². The van der Waals surface area contributed by atoms with Crippen molar-refractivity contribution in [2.75, 3.05) is 59.0 Å². The third-order valence-electron chi connectivity index (χ3n) is 4.25. The molecule has 2 rings (SSSR count). The summed E-state index contributed by atoms with van der Waals surface area (Å²) in [6.07, 6.45) is 2.03. The number of hydrogen-bond acceptors (Lipinski definition) is 5. The van der Waals surface area contributed by atoms with Gasteiger partial charge in [0.15, 0.2) is 5.96 Å². The van der Waals surface area contributed by atoms with E-state index in [2.05, 4.69) is 25.8 Å². The molecule has 0 radical (unpaired) electrons.